The summed E-state index contributed by atoms with van der Waals surface area (Å²) in [6, 6.07) is 5.22. The first kappa shape index (κ1) is 17.9. The van der Waals surface area contributed by atoms with E-state index >= 15 is 0 Å². The number of hydrogen-bond acceptors (Lipinski definition) is 6. The van der Waals surface area contributed by atoms with Crippen molar-refractivity contribution in [3.63, 3.8) is 0 Å². The number of nitro groups is 1. The molecule has 0 aliphatic carbocycles. The average Bonchev–Trinajstić information content (AvgIpc) is 3.16. The molecule has 1 aromatic rings. The number of nitro benzene ring substituents is 1. The van der Waals surface area contributed by atoms with E-state index in [0.717, 1.165) is 31.6 Å². The van der Waals surface area contributed by atoms with Crippen LogP contribution in [0.15, 0.2) is 18.2 Å². The lowest BCUT2D eigenvalue weighted by atomic mass is 10.2. The van der Waals surface area contributed by atoms with Gasteiger partial charge in [-0.15, -0.1) is 0 Å². The van der Waals surface area contributed by atoms with Crippen LogP contribution in [0.25, 0.3) is 0 Å². The normalized spacial score (nSPS) is 19.4. The molecule has 0 aromatic heterocycles. The van der Waals surface area contributed by atoms with Crippen molar-refractivity contribution < 1.29 is 13.3 Å². The van der Waals surface area contributed by atoms with E-state index in [4.69, 9.17) is 0 Å². The van der Waals surface area contributed by atoms with E-state index in [1.54, 1.807) is 19.1 Å². The molecule has 2 fully saturated rings. The summed E-state index contributed by atoms with van der Waals surface area (Å²) in [4.78, 5) is 15.2. The minimum Gasteiger partial charge on any atom is -0.369 e. The quantitative estimate of drug-likeness (QED) is 0.580. The number of piperazine rings is 1. The van der Waals surface area contributed by atoms with Gasteiger partial charge in [-0.3, -0.25) is 10.1 Å². The molecule has 0 atom stereocenters. The molecule has 0 unspecified atom stereocenters. The second-order valence-electron chi connectivity index (χ2n) is 6.41. The van der Waals surface area contributed by atoms with Gasteiger partial charge in [0.05, 0.1) is 10.7 Å². The topological polar surface area (TPSA) is 87.0 Å². The van der Waals surface area contributed by atoms with Gasteiger partial charge in [0, 0.05) is 51.0 Å². The SMILES string of the molecule is CCS(=O)(=O)N1CCN(c2ccc([N+](=O)[O-])c(N3CCCC3)c2)CC1. The van der Waals surface area contributed by atoms with E-state index in [2.05, 4.69) is 9.80 Å². The Morgan fingerprint density at radius 2 is 1.68 bits per heavy atom. The summed E-state index contributed by atoms with van der Waals surface area (Å²) < 4.78 is 25.5. The molecule has 2 saturated heterocycles. The molecule has 9 heteroatoms. The summed E-state index contributed by atoms with van der Waals surface area (Å²) >= 11 is 0. The van der Waals surface area contributed by atoms with Gasteiger partial charge in [0.25, 0.3) is 5.69 Å². The standard InChI is InChI=1S/C16H24N4O4S/c1-2-25(23,24)19-11-9-17(10-12-19)14-5-6-15(20(21)22)16(13-14)18-7-3-4-8-18/h5-6,13H,2-4,7-12H2,1H3. The van der Waals surface area contributed by atoms with E-state index in [1.807, 2.05) is 6.07 Å². The summed E-state index contributed by atoms with van der Waals surface area (Å²) in [5, 5.41) is 11.3. The lowest BCUT2D eigenvalue weighted by Crippen LogP contribution is -2.49. The summed E-state index contributed by atoms with van der Waals surface area (Å²) in [5.74, 6) is 0.115. The largest absolute Gasteiger partial charge is 0.369 e. The van der Waals surface area contributed by atoms with Crippen LogP contribution in [0.3, 0.4) is 0 Å². The predicted octanol–water partition coefficient (Wildman–Crippen LogP) is 1.67. The van der Waals surface area contributed by atoms with Crippen LogP contribution in [0.5, 0.6) is 0 Å². The monoisotopic (exact) mass is 368 g/mol. The number of anilines is 2. The van der Waals surface area contributed by atoms with Crippen molar-refractivity contribution in [3.8, 4) is 0 Å². The van der Waals surface area contributed by atoms with Crippen molar-refractivity contribution in [1.29, 1.82) is 0 Å². The predicted molar refractivity (Wildman–Crippen MR) is 97.8 cm³/mol. The lowest BCUT2D eigenvalue weighted by Gasteiger charge is -2.35. The van der Waals surface area contributed by atoms with Crippen LogP contribution in [0.1, 0.15) is 19.8 Å². The molecule has 25 heavy (non-hydrogen) atoms. The molecule has 1 aromatic carbocycles. The van der Waals surface area contributed by atoms with E-state index in [-0.39, 0.29) is 16.4 Å². The molecule has 0 N–H and O–H groups in total. The molecule has 3 rings (SSSR count). The first-order valence-corrected chi connectivity index (χ1v) is 10.3. The molecule has 0 saturated carbocycles. The van der Waals surface area contributed by atoms with Gasteiger partial charge in [-0.1, -0.05) is 0 Å². The molecule has 2 aliphatic rings. The summed E-state index contributed by atoms with van der Waals surface area (Å²) in [7, 11) is -3.16. The average molecular weight is 368 g/mol. The number of sulfonamides is 1. The summed E-state index contributed by atoms with van der Waals surface area (Å²) in [5.41, 5.74) is 1.72. The fraction of sp³-hybridized carbons (Fsp3) is 0.625. The fourth-order valence-electron chi connectivity index (χ4n) is 3.48. The molecule has 138 valence electrons. The summed E-state index contributed by atoms with van der Waals surface area (Å²) in [6.07, 6.45) is 2.10. The van der Waals surface area contributed by atoms with Crippen molar-refractivity contribution >= 4 is 27.1 Å². The zero-order valence-corrected chi connectivity index (χ0v) is 15.2. The highest BCUT2D eigenvalue weighted by Gasteiger charge is 2.27. The van der Waals surface area contributed by atoms with Crippen LogP contribution in [0.2, 0.25) is 0 Å². The fourth-order valence-corrected chi connectivity index (χ4v) is 4.57. The maximum Gasteiger partial charge on any atom is 0.292 e. The summed E-state index contributed by atoms with van der Waals surface area (Å²) in [6.45, 7) is 5.42. The van der Waals surface area contributed by atoms with Crippen molar-refractivity contribution in [2.75, 3.05) is 54.8 Å². The van der Waals surface area contributed by atoms with Crippen molar-refractivity contribution in [2.24, 2.45) is 0 Å². The highest BCUT2D eigenvalue weighted by molar-refractivity contribution is 7.89. The Morgan fingerprint density at radius 1 is 1.04 bits per heavy atom. The van der Waals surface area contributed by atoms with Crippen LogP contribution in [0, 0.1) is 10.1 Å². The zero-order chi connectivity index (χ0) is 18.0. The number of hydrogen-bond donors (Lipinski definition) is 0. The lowest BCUT2D eigenvalue weighted by molar-refractivity contribution is -0.384. The zero-order valence-electron chi connectivity index (χ0n) is 14.4. The van der Waals surface area contributed by atoms with Crippen LogP contribution >= 0.6 is 0 Å². The molecule has 2 aliphatic heterocycles. The first-order chi connectivity index (χ1) is 11.9. The molecular formula is C16H24N4O4S. The van der Waals surface area contributed by atoms with E-state index in [9.17, 15) is 18.5 Å². The maximum absolute atomic E-state index is 12.0. The van der Waals surface area contributed by atoms with Gasteiger partial charge < -0.3 is 9.80 Å². The van der Waals surface area contributed by atoms with Gasteiger partial charge in [-0.25, -0.2) is 8.42 Å². The third kappa shape index (κ3) is 3.72. The van der Waals surface area contributed by atoms with Crippen LogP contribution in [-0.4, -0.2) is 62.7 Å². The second-order valence-corrected chi connectivity index (χ2v) is 8.67. The van der Waals surface area contributed by atoms with Gasteiger partial charge in [0.15, 0.2) is 0 Å². The number of benzene rings is 1. The smallest absolute Gasteiger partial charge is 0.292 e. The third-order valence-electron chi connectivity index (χ3n) is 4.96. The van der Waals surface area contributed by atoms with Crippen LogP contribution in [-0.2, 0) is 10.0 Å². The Balaban J connectivity index is 1.79. The minimum absolute atomic E-state index is 0.115. The van der Waals surface area contributed by atoms with Crippen molar-refractivity contribution in [1.82, 2.24) is 4.31 Å². The van der Waals surface area contributed by atoms with Crippen molar-refractivity contribution in [2.45, 2.75) is 19.8 Å². The Kier molecular flexibility index (Phi) is 5.14. The van der Waals surface area contributed by atoms with E-state index < -0.39 is 10.0 Å². The van der Waals surface area contributed by atoms with Gasteiger partial charge in [-0.05, 0) is 31.9 Å². The Labute approximate surface area is 148 Å². The van der Waals surface area contributed by atoms with Gasteiger partial charge in [0.2, 0.25) is 10.0 Å². The van der Waals surface area contributed by atoms with Crippen LogP contribution < -0.4 is 9.80 Å². The Bertz CT molecular complexity index is 739. The number of nitrogens with zero attached hydrogens (tertiary/aromatic N) is 4. The number of rotatable bonds is 5. The van der Waals surface area contributed by atoms with Gasteiger partial charge >= 0.3 is 0 Å². The first-order valence-electron chi connectivity index (χ1n) is 8.68. The minimum atomic E-state index is -3.16. The van der Waals surface area contributed by atoms with Gasteiger partial charge in [0.1, 0.15) is 5.69 Å². The molecular weight excluding hydrogens is 344 g/mol. The van der Waals surface area contributed by atoms with E-state index in [0.29, 0.717) is 31.9 Å². The van der Waals surface area contributed by atoms with Crippen molar-refractivity contribution in [3.05, 3.63) is 28.3 Å². The molecule has 2 heterocycles. The van der Waals surface area contributed by atoms with Gasteiger partial charge in [-0.2, -0.15) is 4.31 Å². The maximum atomic E-state index is 12.0. The molecule has 8 nitrogen and oxygen atoms in total. The Hall–Kier alpha value is -1.87. The third-order valence-corrected chi connectivity index (χ3v) is 6.85. The molecule has 0 spiro atoms. The van der Waals surface area contributed by atoms with E-state index in [1.165, 1.54) is 4.31 Å². The highest BCUT2D eigenvalue weighted by atomic mass is 32.2. The molecule has 0 amide bonds. The highest BCUT2D eigenvalue weighted by Crippen LogP contribution is 2.34. The Morgan fingerprint density at radius 3 is 2.24 bits per heavy atom. The second kappa shape index (κ2) is 7.17. The molecule has 0 bridgehead atoms. The van der Waals surface area contributed by atoms with Crippen LogP contribution in [0.4, 0.5) is 17.1 Å². The molecule has 0 radical (unpaired) electrons.